The molecule has 0 saturated carbocycles. The monoisotopic (exact) mass is 252 g/mol. The number of aryl methyl sites for hydroxylation is 4. The van der Waals surface area contributed by atoms with E-state index in [1.54, 1.807) is 0 Å². The molecule has 3 aromatic rings. The summed E-state index contributed by atoms with van der Waals surface area (Å²) in [7, 11) is 0. The fourth-order valence-electron chi connectivity index (χ4n) is 2.07. The highest BCUT2D eigenvalue weighted by atomic mass is 16.4. The summed E-state index contributed by atoms with van der Waals surface area (Å²) < 4.78 is 5.67. The predicted molar refractivity (Wildman–Crippen MR) is 75.1 cm³/mol. The van der Waals surface area contributed by atoms with Gasteiger partial charge in [0.15, 0.2) is 5.89 Å². The van der Waals surface area contributed by atoms with E-state index >= 15 is 0 Å². The molecule has 3 nitrogen and oxygen atoms in total. The van der Waals surface area contributed by atoms with Crippen molar-refractivity contribution in [2.75, 3.05) is 0 Å². The number of hydrogen-bond donors (Lipinski definition) is 0. The molecule has 0 spiro atoms. The minimum absolute atomic E-state index is 0.638. The molecule has 0 bridgehead atoms. The van der Waals surface area contributed by atoms with Gasteiger partial charge in [-0.25, -0.2) is 9.97 Å². The van der Waals surface area contributed by atoms with E-state index in [1.807, 2.05) is 19.1 Å². The van der Waals surface area contributed by atoms with Crippen LogP contribution < -0.4 is 0 Å². The van der Waals surface area contributed by atoms with Crippen LogP contribution in [0.2, 0.25) is 0 Å². The third kappa shape index (κ3) is 2.65. The quantitative estimate of drug-likeness (QED) is 0.714. The summed E-state index contributed by atoms with van der Waals surface area (Å²) in [6.07, 6.45) is 1.74. The zero-order chi connectivity index (χ0) is 13.2. The average Bonchev–Trinajstić information content (AvgIpc) is 2.80. The van der Waals surface area contributed by atoms with Crippen LogP contribution in [0.5, 0.6) is 0 Å². The molecule has 3 heteroatoms. The van der Waals surface area contributed by atoms with Crippen LogP contribution in [0.1, 0.15) is 22.7 Å². The molecule has 1 aromatic carbocycles. The van der Waals surface area contributed by atoms with Crippen molar-refractivity contribution in [2.45, 2.75) is 26.7 Å². The Hall–Kier alpha value is -2.16. The van der Waals surface area contributed by atoms with Gasteiger partial charge in [-0.1, -0.05) is 29.8 Å². The highest BCUT2D eigenvalue weighted by molar-refractivity contribution is 5.67. The number of benzene rings is 1. The first-order chi connectivity index (χ1) is 9.20. The molecule has 0 aliphatic heterocycles. The lowest BCUT2D eigenvalue weighted by Gasteiger charge is -1.99. The standard InChI is InChI=1S/C16H16N2O/c1-11-3-6-13(7-4-11)8-10-15-18-14-9-5-12(2)17-16(14)19-15/h3-7,9H,8,10H2,1-2H3. The Morgan fingerprint density at radius 3 is 2.47 bits per heavy atom. The van der Waals surface area contributed by atoms with Crippen LogP contribution in [0.25, 0.3) is 11.2 Å². The number of fused-ring (bicyclic) bond motifs is 1. The van der Waals surface area contributed by atoms with Gasteiger partial charge >= 0.3 is 0 Å². The number of pyridine rings is 1. The maximum atomic E-state index is 5.67. The average molecular weight is 252 g/mol. The van der Waals surface area contributed by atoms with Crippen LogP contribution >= 0.6 is 0 Å². The van der Waals surface area contributed by atoms with Gasteiger partial charge in [0.25, 0.3) is 0 Å². The second-order valence-corrected chi connectivity index (χ2v) is 4.87. The van der Waals surface area contributed by atoms with Gasteiger partial charge in [-0.05, 0) is 38.0 Å². The molecule has 0 fully saturated rings. The molecule has 19 heavy (non-hydrogen) atoms. The van der Waals surface area contributed by atoms with Gasteiger partial charge in [-0.2, -0.15) is 0 Å². The van der Waals surface area contributed by atoms with E-state index in [0.29, 0.717) is 5.71 Å². The molecular formula is C16H16N2O. The summed E-state index contributed by atoms with van der Waals surface area (Å²) in [6.45, 7) is 4.05. The van der Waals surface area contributed by atoms with Crippen molar-refractivity contribution in [3.63, 3.8) is 0 Å². The molecule has 0 N–H and O–H groups in total. The minimum Gasteiger partial charge on any atom is -0.422 e. The van der Waals surface area contributed by atoms with Crippen molar-refractivity contribution in [3.05, 3.63) is 59.1 Å². The van der Waals surface area contributed by atoms with Crippen molar-refractivity contribution in [2.24, 2.45) is 0 Å². The van der Waals surface area contributed by atoms with Gasteiger partial charge in [-0.15, -0.1) is 0 Å². The first-order valence-corrected chi connectivity index (χ1v) is 6.49. The largest absolute Gasteiger partial charge is 0.422 e. The van der Waals surface area contributed by atoms with Gasteiger partial charge < -0.3 is 4.42 Å². The number of rotatable bonds is 3. The van der Waals surface area contributed by atoms with Gasteiger partial charge in [0, 0.05) is 12.1 Å². The lowest BCUT2D eigenvalue weighted by Crippen LogP contribution is -1.91. The van der Waals surface area contributed by atoms with Crippen molar-refractivity contribution >= 4 is 11.2 Å². The molecule has 2 aromatic heterocycles. The van der Waals surface area contributed by atoms with Crippen LogP contribution in [-0.2, 0) is 12.8 Å². The summed E-state index contributed by atoms with van der Waals surface area (Å²) >= 11 is 0. The van der Waals surface area contributed by atoms with Crippen LogP contribution in [0.3, 0.4) is 0 Å². The molecule has 0 radical (unpaired) electrons. The zero-order valence-corrected chi connectivity index (χ0v) is 11.2. The summed E-state index contributed by atoms with van der Waals surface area (Å²) in [5, 5.41) is 0. The molecule has 2 heterocycles. The second-order valence-electron chi connectivity index (χ2n) is 4.87. The maximum absolute atomic E-state index is 5.67. The lowest BCUT2D eigenvalue weighted by molar-refractivity contribution is 0.520. The molecule has 3 rings (SSSR count). The van der Waals surface area contributed by atoms with E-state index in [2.05, 4.69) is 41.2 Å². The van der Waals surface area contributed by atoms with E-state index in [4.69, 9.17) is 4.42 Å². The SMILES string of the molecule is Cc1ccc(CCc2nc3ccc(C)nc3o2)cc1. The van der Waals surface area contributed by atoms with E-state index < -0.39 is 0 Å². The molecule has 0 unspecified atom stereocenters. The van der Waals surface area contributed by atoms with Gasteiger partial charge in [0.1, 0.15) is 5.52 Å². The predicted octanol–water partition coefficient (Wildman–Crippen LogP) is 3.62. The molecular weight excluding hydrogens is 236 g/mol. The Morgan fingerprint density at radius 2 is 1.68 bits per heavy atom. The second kappa shape index (κ2) is 4.84. The van der Waals surface area contributed by atoms with Crippen molar-refractivity contribution in [1.29, 1.82) is 0 Å². The molecule has 0 aliphatic rings. The summed E-state index contributed by atoms with van der Waals surface area (Å²) in [6, 6.07) is 12.5. The highest BCUT2D eigenvalue weighted by Crippen LogP contribution is 2.15. The number of nitrogens with zero attached hydrogens (tertiary/aromatic N) is 2. The fourth-order valence-corrected chi connectivity index (χ4v) is 2.07. The highest BCUT2D eigenvalue weighted by Gasteiger charge is 2.07. The van der Waals surface area contributed by atoms with Crippen LogP contribution in [0.4, 0.5) is 0 Å². The van der Waals surface area contributed by atoms with Crippen LogP contribution in [0, 0.1) is 13.8 Å². The zero-order valence-electron chi connectivity index (χ0n) is 11.2. The van der Waals surface area contributed by atoms with E-state index in [9.17, 15) is 0 Å². The Bertz CT molecular complexity index is 698. The van der Waals surface area contributed by atoms with Gasteiger partial charge in [0.05, 0.1) is 0 Å². The van der Waals surface area contributed by atoms with Crippen molar-refractivity contribution in [1.82, 2.24) is 9.97 Å². The first kappa shape index (κ1) is 11.9. The minimum atomic E-state index is 0.638. The Kier molecular flexibility index (Phi) is 3.03. The van der Waals surface area contributed by atoms with Crippen molar-refractivity contribution < 1.29 is 4.42 Å². The third-order valence-corrected chi connectivity index (χ3v) is 3.19. The molecule has 96 valence electrons. The first-order valence-electron chi connectivity index (χ1n) is 6.49. The Labute approximate surface area is 112 Å². The molecule has 0 aliphatic carbocycles. The van der Waals surface area contributed by atoms with E-state index in [1.165, 1.54) is 11.1 Å². The Morgan fingerprint density at radius 1 is 0.895 bits per heavy atom. The maximum Gasteiger partial charge on any atom is 0.247 e. The molecule has 0 saturated heterocycles. The Balaban J connectivity index is 1.76. The number of hydrogen-bond acceptors (Lipinski definition) is 3. The van der Waals surface area contributed by atoms with E-state index in [-0.39, 0.29) is 0 Å². The van der Waals surface area contributed by atoms with Crippen LogP contribution in [-0.4, -0.2) is 9.97 Å². The van der Waals surface area contributed by atoms with E-state index in [0.717, 1.165) is 29.9 Å². The fraction of sp³-hybridized carbons (Fsp3) is 0.250. The summed E-state index contributed by atoms with van der Waals surface area (Å²) in [5.74, 6) is 0.758. The van der Waals surface area contributed by atoms with Gasteiger partial charge in [0.2, 0.25) is 5.71 Å². The molecule has 0 amide bonds. The summed E-state index contributed by atoms with van der Waals surface area (Å²) in [4.78, 5) is 8.79. The number of oxazole rings is 1. The number of aromatic nitrogens is 2. The van der Waals surface area contributed by atoms with Crippen LogP contribution in [0.15, 0.2) is 40.8 Å². The normalized spacial score (nSPS) is 11.1. The smallest absolute Gasteiger partial charge is 0.247 e. The summed E-state index contributed by atoms with van der Waals surface area (Å²) in [5.41, 5.74) is 5.01. The molecule has 0 atom stereocenters. The third-order valence-electron chi connectivity index (χ3n) is 3.19. The van der Waals surface area contributed by atoms with Gasteiger partial charge in [-0.3, -0.25) is 0 Å². The topological polar surface area (TPSA) is 38.9 Å². The lowest BCUT2D eigenvalue weighted by atomic mass is 10.1. The van der Waals surface area contributed by atoms with Crippen molar-refractivity contribution in [3.8, 4) is 0 Å².